The fourth-order valence-electron chi connectivity index (χ4n) is 1.65. The van der Waals surface area contributed by atoms with Crippen LogP contribution in [0.3, 0.4) is 0 Å². The Morgan fingerprint density at radius 2 is 1.78 bits per heavy atom. The Balaban J connectivity index is 1.64. The molecule has 0 aliphatic rings. The van der Waals surface area contributed by atoms with Gasteiger partial charge in [-0.05, 0) is 24.5 Å². The molecule has 2 nitrogen and oxygen atoms in total. The summed E-state index contributed by atoms with van der Waals surface area (Å²) in [6, 6.07) is 16.1. The lowest BCUT2D eigenvalue weighted by Gasteiger charge is -2.00. The summed E-state index contributed by atoms with van der Waals surface area (Å²) in [5, 5.41) is 0. The van der Waals surface area contributed by atoms with E-state index in [-0.39, 0.29) is 0 Å². The third-order valence-electron chi connectivity index (χ3n) is 2.57. The first-order valence-corrected chi connectivity index (χ1v) is 6.18. The van der Waals surface area contributed by atoms with Crippen LogP contribution in [0.4, 0.5) is 0 Å². The van der Waals surface area contributed by atoms with Gasteiger partial charge in [0.05, 0.1) is 0 Å². The predicted molar refractivity (Wildman–Crippen MR) is 73.6 cm³/mol. The average Bonchev–Trinajstić information content (AvgIpc) is 2.45. The number of benzene rings is 1. The number of aromatic nitrogens is 1. The summed E-state index contributed by atoms with van der Waals surface area (Å²) < 4.78 is 5.46. The number of hydrogen-bond acceptors (Lipinski definition) is 2. The van der Waals surface area contributed by atoms with Crippen LogP contribution in [-0.2, 0) is 6.42 Å². The van der Waals surface area contributed by atoms with Gasteiger partial charge in [0.25, 0.3) is 0 Å². The number of ether oxygens (including phenoxy) is 1. The molecule has 0 aliphatic carbocycles. The monoisotopic (exact) mass is 239 g/mol. The molecule has 0 unspecified atom stereocenters. The smallest absolute Gasteiger partial charge is 0.213 e. The van der Waals surface area contributed by atoms with Gasteiger partial charge in [-0.25, -0.2) is 4.98 Å². The van der Waals surface area contributed by atoms with E-state index in [1.54, 1.807) is 6.20 Å². The maximum Gasteiger partial charge on any atom is 0.213 e. The third kappa shape index (κ3) is 4.42. The number of allylic oxidation sites excluding steroid dienone is 1. The van der Waals surface area contributed by atoms with E-state index in [0.717, 1.165) is 12.8 Å². The maximum absolute atomic E-state index is 5.46. The van der Waals surface area contributed by atoms with Gasteiger partial charge in [-0.2, -0.15) is 0 Å². The summed E-state index contributed by atoms with van der Waals surface area (Å²) in [5.74, 6) is 0.671. The Labute approximate surface area is 108 Å². The molecular formula is C16H17NO. The van der Waals surface area contributed by atoms with Gasteiger partial charge < -0.3 is 4.74 Å². The Morgan fingerprint density at radius 3 is 2.56 bits per heavy atom. The topological polar surface area (TPSA) is 22.1 Å². The van der Waals surface area contributed by atoms with Crippen molar-refractivity contribution in [3.8, 4) is 5.88 Å². The van der Waals surface area contributed by atoms with Crippen LogP contribution in [0.1, 0.15) is 12.0 Å². The van der Waals surface area contributed by atoms with Crippen LogP contribution in [0.15, 0.2) is 66.9 Å². The molecule has 2 heteroatoms. The zero-order valence-corrected chi connectivity index (χ0v) is 10.3. The van der Waals surface area contributed by atoms with E-state index in [0.29, 0.717) is 12.5 Å². The van der Waals surface area contributed by atoms with E-state index < -0.39 is 0 Å². The van der Waals surface area contributed by atoms with Crippen molar-refractivity contribution in [1.29, 1.82) is 0 Å². The van der Waals surface area contributed by atoms with Crippen molar-refractivity contribution in [2.45, 2.75) is 12.8 Å². The van der Waals surface area contributed by atoms with Crippen LogP contribution in [-0.4, -0.2) is 11.6 Å². The average molecular weight is 239 g/mol. The Kier molecular flexibility index (Phi) is 5.00. The minimum atomic E-state index is 0.575. The molecule has 2 rings (SSSR count). The standard InChI is InChI=1S/C16H17NO/c1-3-9-15(10-4-1)11-5-2-8-14-18-16-12-6-7-13-17-16/h1-4,6-10,12-13H,5,11,14H2/b8-2+. The highest BCUT2D eigenvalue weighted by molar-refractivity contribution is 5.15. The highest BCUT2D eigenvalue weighted by Crippen LogP contribution is 2.04. The van der Waals surface area contributed by atoms with Gasteiger partial charge in [-0.3, -0.25) is 0 Å². The first-order chi connectivity index (χ1) is 8.95. The van der Waals surface area contributed by atoms with Gasteiger partial charge in [0.1, 0.15) is 6.61 Å². The molecule has 2 aromatic rings. The molecule has 0 atom stereocenters. The van der Waals surface area contributed by atoms with E-state index >= 15 is 0 Å². The van der Waals surface area contributed by atoms with Gasteiger partial charge in [0.15, 0.2) is 0 Å². The molecule has 0 saturated heterocycles. The van der Waals surface area contributed by atoms with Crippen molar-refractivity contribution in [1.82, 2.24) is 4.98 Å². The number of nitrogens with zero attached hydrogens (tertiary/aromatic N) is 1. The molecule has 18 heavy (non-hydrogen) atoms. The molecule has 0 amide bonds. The molecule has 0 N–H and O–H groups in total. The van der Waals surface area contributed by atoms with Crippen molar-refractivity contribution in [3.05, 3.63) is 72.4 Å². The lowest BCUT2D eigenvalue weighted by atomic mass is 10.1. The molecule has 0 fully saturated rings. The van der Waals surface area contributed by atoms with E-state index in [1.807, 2.05) is 30.3 Å². The Hall–Kier alpha value is -2.09. The van der Waals surface area contributed by atoms with Crippen LogP contribution in [0.25, 0.3) is 0 Å². The van der Waals surface area contributed by atoms with Crippen molar-refractivity contribution in [2.75, 3.05) is 6.61 Å². The van der Waals surface area contributed by atoms with Gasteiger partial charge in [0, 0.05) is 12.3 Å². The SMILES string of the molecule is C(=C\COc1ccccn1)/CCc1ccccc1. The molecule has 1 heterocycles. The lowest BCUT2D eigenvalue weighted by Crippen LogP contribution is -1.94. The van der Waals surface area contributed by atoms with Crippen molar-refractivity contribution in [2.24, 2.45) is 0 Å². The molecular weight excluding hydrogens is 222 g/mol. The fraction of sp³-hybridized carbons (Fsp3) is 0.188. The van der Waals surface area contributed by atoms with Crippen LogP contribution in [0.2, 0.25) is 0 Å². The molecule has 0 saturated carbocycles. The first kappa shape index (κ1) is 12.4. The Morgan fingerprint density at radius 1 is 0.944 bits per heavy atom. The number of rotatable bonds is 6. The second-order valence-corrected chi connectivity index (χ2v) is 3.97. The molecule has 0 spiro atoms. The van der Waals surface area contributed by atoms with Crippen molar-refractivity contribution < 1.29 is 4.74 Å². The predicted octanol–water partition coefficient (Wildman–Crippen LogP) is 3.65. The van der Waals surface area contributed by atoms with Crippen LogP contribution < -0.4 is 4.74 Å². The zero-order valence-electron chi connectivity index (χ0n) is 10.3. The van der Waals surface area contributed by atoms with Gasteiger partial charge >= 0.3 is 0 Å². The van der Waals surface area contributed by atoms with Crippen LogP contribution >= 0.6 is 0 Å². The third-order valence-corrected chi connectivity index (χ3v) is 2.57. The van der Waals surface area contributed by atoms with E-state index in [1.165, 1.54) is 5.56 Å². The van der Waals surface area contributed by atoms with Crippen LogP contribution in [0.5, 0.6) is 5.88 Å². The molecule has 92 valence electrons. The first-order valence-electron chi connectivity index (χ1n) is 6.18. The second-order valence-electron chi connectivity index (χ2n) is 3.97. The van der Waals surface area contributed by atoms with E-state index in [2.05, 4.69) is 35.3 Å². The van der Waals surface area contributed by atoms with Crippen molar-refractivity contribution in [3.63, 3.8) is 0 Å². The summed E-state index contributed by atoms with van der Waals surface area (Å²) in [7, 11) is 0. The summed E-state index contributed by atoms with van der Waals surface area (Å²) >= 11 is 0. The lowest BCUT2D eigenvalue weighted by molar-refractivity contribution is 0.348. The van der Waals surface area contributed by atoms with Gasteiger partial charge in [0.2, 0.25) is 5.88 Å². The quantitative estimate of drug-likeness (QED) is 0.718. The molecule has 0 aliphatic heterocycles. The number of pyridine rings is 1. The summed E-state index contributed by atoms with van der Waals surface area (Å²) in [6.45, 7) is 0.575. The summed E-state index contributed by atoms with van der Waals surface area (Å²) in [6.07, 6.45) is 8.03. The van der Waals surface area contributed by atoms with Crippen LogP contribution in [0, 0.1) is 0 Å². The minimum Gasteiger partial charge on any atom is -0.473 e. The maximum atomic E-state index is 5.46. The summed E-state index contributed by atoms with van der Waals surface area (Å²) in [5.41, 5.74) is 1.37. The second kappa shape index (κ2) is 7.28. The molecule has 1 aromatic carbocycles. The van der Waals surface area contributed by atoms with E-state index in [4.69, 9.17) is 4.74 Å². The van der Waals surface area contributed by atoms with Crippen molar-refractivity contribution >= 4 is 0 Å². The molecule has 0 radical (unpaired) electrons. The molecule has 0 bridgehead atoms. The van der Waals surface area contributed by atoms with Gasteiger partial charge in [-0.1, -0.05) is 48.6 Å². The number of aryl methyl sites for hydroxylation is 1. The largest absolute Gasteiger partial charge is 0.473 e. The van der Waals surface area contributed by atoms with Gasteiger partial charge in [-0.15, -0.1) is 0 Å². The normalized spacial score (nSPS) is 10.7. The zero-order chi connectivity index (χ0) is 12.5. The number of hydrogen-bond donors (Lipinski definition) is 0. The van der Waals surface area contributed by atoms with E-state index in [9.17, 15) is 0 Å². The summed E-state index contributed by atoms with van der Waals surface area (Å²) in [4.78, 5) is 4.09. The highest BCUT2D eigenvalue weighted by atomic mass is 16.5. The highest BCUT2D eigenvalue weighted by Gasteiger charge is 1.90. The minimum absolute atomic E-state index is 0.575. The molecule has 1 aromatic heterocycles. The Bertz CT molecular complexity index is 419. The fourth-order valence-corrected chi connectivity index (χ4v) is 1.65.